The quantitative estimate of drug-likeness (QED) is 0.172. The molecule has 1 fully saturated rings. The predicted molar refractivity (Wildman–Crippen MR) is 141 cm³/mol. The van der Waals surface area contributed by atoms with E-state index >= 15 is 0 Å². The Morgan fingerprint density at radius 1 is 1.08 bits per heavy atom. The summed E-state index contributed by atoms with van der Waals surface area (Å²) >= 11 is 0. The molecule has 2 rings (SSSR count). The number of ether oxygens (including phenoxy) is 1. The Balaban J connectivity index is 1.81. The first-order valence-electron chi connectivity index (χ1n) is 13.0. The second-order valence-corrected chi connectivity index (χ2v) is 9.68. The third-order valence-corrected chi connectivity index (χ3v) is 6.79. The Morgan fingerprint density at radius 2 is 1.81 bits per heavy atom. The van der Waals surface area contributed by atoms with Crippen LogP contribution in [0.3, 0.4) is 0 Å². The lowest BCUT2D eigenvalue weighted by atomic mass is 9.94. The van der Waals surface area contributed by atoms with Gasteiger partial charge in [0.2, 0.25) is 11.8 Å². The summed E-state index contributed by atoms with van der Waals surface area (Å²) < 4.78 is 5.49. The van der Waals surface area contributed by atoms with Crippen molar-refractivity contribution in [2.75, 3.05) is 19.8 Å². The standard InChI is InChI=1S/C29H42N2O5/c1-3-5-7-15-25(20-23-13-8-6-9-14-23)28(35)36-19-18-30-27(34)24(12-4-2)21-26(33)31-29(22-32)16-10-11-17-29/h3-4,6,8-9,13-14,24-25,32H,1-2,5,7,10-12,15-22H2,(H,30,34)(H,31,33). The van der Waals surface area contributed by atoms with Gasteiger partial charge in [0.05, 0.1) is 30.5 Å². The van der Waals surface area contributed by atoms with Gasteiger partial charge in [-0.05, 0) is 50.5 Å². The smallest absolute Gasteiger partial charge is 0.309 e. The van der Waals surface area contributed by atoms with E-state index in [0.717, 1.165) is 44.1 Å². The van der Waals surface area contributed by atoms with E-state index in [4.69, 9.17) is 4.74 Å². The van der Waals surface area contributed by atoms with Gasteiger partial charge in [-0.3, -0.25) is 14.4 Å². The Hall–Kier alpha value is -2.93. The summed E-state index contributed by atoms with van der Waals surface area (Å²) in [5, 5.41) is 15.4. The number of rotatable bonds is 17. The monoisotopic (exact) mass is 498 g/mol. The number of hydrogen-bond donors (Lipinski definition) is 3. The van der Waals surface area contributed by atoms with Crippen LogP contribution < -0.4 is 10.6 Å². The van der Waals surface area contributed by atoms with Gasteiger partial charge in [0, 0.05) is 6.42 Å². The van der Waals surface area contributed by atoms with E-state index in [-0.39, 0.29) is 49.9 Å². The molecule has 0 spiro atoms. The number of nitrogens with one attached hydrogen (secondary N) is 2. The molecule has 0 saturated heterocycles. The molecule has 0 bridgehead atoms. The van der Waals surface area contributed by atoms with Crippen molar-refractivity contribution in [2.45, 2.75) is 69.7 Å². The summed E-state index contributed by atoms with van der Waals surface area (Å²) in [6.07, 6.45) is 10.3. The Kier molecular flexibility index (Phi) is 13.0. The normalized spacial score (nSPS) is 15.9. The van der Waals surface area contributed by atoms with Crippen molar-refractivity contribution in [3.05, 3.63) is 61.2 Å². The van der Waals surface area contributed by atoms with Gasteiger partial charge in [-0.15, -0.1) is 13.2 Å². The number of allylic oxidation sites excluding steroid dienone is 2. The number of aliphatic hydroxyl groups excluding tert-OH is 1. The summed E-state index contributed by atoms with van der Waals surface area (Å²) in [6, 6.07) is 9.85. The minimum atomic E-state index is -0.569. The van der Waals surface area contributed by atoms with E-state index in [1.54, 1.807) is 6.08 Å². The summed E-state index contributed by atoms with van der Waals surface area (Å²) in [5.74, 6) is -1.63. The number of carbonyl (C=O) groups is 3. The molecule has 36 heavy (non-hydrogen) atoms. The van der Waals surface area contributed by atoms with E-state index in [1.807, 2.05) is 36.4 Å². The first-order valence-corrected chi connectivity index (χ1v) is 13.0. The number of aliphatic hydroxyl groups is 1. The van der Waals surface area contributed by atoms with Crippen LogP contribution in [-0.4, -0.2) is 48.2 Å². The van der Waals surface area contributed by atoms with Crippen LogP contribution in [0.15, 0.2) is 55.6 Å². The summed E-state index contributed by atoms with van der Waals surface area (Å²) in [6.45, 7) is 7.59. The van der Waals surface area contributed by atoms with Crippen LogP contribution >= 0.6 is 0 Å². The van der Waals surface area contributed by atoms with Crippen LogP contribution in [0.5, 0.6) is 0 Å². The fourth-order valence-electron chi connectivity index (χ4n) is 4.73. The molecule has 1 aliphatic rings. The van der Waals surface area contributed by atoms with Crippen molar-refractivity contribution in [3.8, 4) is 0 Å². The Labute approximate surface area is 215 Å². The minimum absolute atomic E-state index is 0.0157. The molecular formula is C29H42N2O5. The SMILES string of the molecule is C=CCCCC(Cc1ccccc1)C(=O)OCCNC(=O)C(CC=C)CC(=O)NC1(CO)CCCC1. The molecule has 0 heterocycles. The van der Waals surface area contributed by atoms with Crippen LogP contribution in [0, 0.1) is 11.8 Å². The molecule has 0 aromatic heterocycles. The molecule has 2 amide bonds. The topological polar surface area (TPSA) is 105 Å². The molecule has 7 nitrogen and oxygen atoms in total. The van der Waals surface area contributed by atoms with Crippen molar-refractivity contribution in [2.24, 2.45) is 11.8 Å². The van der Waals surface area contributed by atoms with Gasteiger partial charge in [0.25, 0.3) is 0 Å². The van der Waals surface area contributed by atoms with E-state index < -0.39 is 11.5 Å². The maximum atomic E-state index is 12.7. The van der Waals surface area contributed by atoms with Gasteiger partial charge in [-0.1, -0.05) is 55.3 Å². The summed E-state index contributed by atoms with van der Waals surface area (Å²) in [7, 11) is 0. The fourth-order valence-corrected chi connectivity index (χ4v) is 4.73. The lowest BCUT2D eigenvalue weighted by Crippen LogP contribution is -2.50. The van der Waals surface area contributed by atoms with E-state index in [2.05, 4.69) is 23.8 Å². The van der Waals surface area contributed by atoms with Gasteiger partial charge < -0.3 is 20.5 Å². The molecule has 2 unspecified atom stereocenters. The summed E-state index contributed by atoms with van der Waals surface area (Å²) in [5.41, 5.74) is 0.514. The number of amides is 2. The molecule has 0 radical (unpaired) electrons. The predicted octanol–water partition coefficient (Wildman–Crippen LogP) is 3.86. The van der Waals surface area contributed by atoms with Gasteiger partial charge in [-0.2, -0.15) is 0 Å². The first kappa shape index (κ1) is 29.3. The number of hydrogen-bond acceptors (Lipinski definition) is 5. The second-order valence-electron chi connectivity index (χ2n) is 9.68. The molecule has 1 aromatic rings. The highest BCUT2D eigenvalue weighted by molar-refractivity contribution is 5.86. The van der Waals surface area contributed by atoms with E-state index in [1.165, 1.54) is 0 Å². The molecule has 0 aliphatic heterocycles. The second kappa shape index (κ2) is 15.9. The lowest BCUT2D eigenvalue weighted by Gasteiger charge is -2.28. The maximum absolute atomic E-state index is 12.7. The van der Waals surface area contributed by atoms with Gasteiger partial charge in [0.1, 0.15) is 6.61 Å². The Bertz CT molecular complexity index is 848. The van der Waals surface area contributed by atoms with E-state index in [9.17, 15) is 19.5 Å². The highest BCUT2D eigenvalue weighted by atomic mass is 16.5. The van der Waals surface area contributed by atoms with Gasteiger partial charge in [0.15, 0.2) is 0 Å². The molecule has 198 valence electrons. The highest BCUT2D eigenvalue weighted by Crippen LogP contribution is 2.29. The Morgan fingerprint density at radius 3 is 2.44 bits per heavy atom. The molecule has 1 aromatic carbocycles. The molecule has 3 N–H and O–H groups in total. The average molecular weight is 499 g/mol. The molecular weight excluding hydrogens is 456 g/mol. The average Bonchev–Trinajstić information content (AvgIpc) is 3.35. The number of carbonyl (C=O) groups excluding carboxylic acids is 3. The van der Waals surface area contributed by atoms with Gasteiger partial charge >= 0.3 is 5.97 Å². The number of esters is 1. The third kappa shape index (κ3) is 9.97. The van der Waals surface area contributed by atoms with Crippen molar-refractivity contribution < 1.29 is 24.2 Å². The minimum Gasteiger partial charge on any atom is -0.464 e. The van der Waals surface area contributed by atoms with Crippen LogP contribution in [0.25, 0.3) is 0 Å². The fraction of sp³-hybridized carbons (Fsp3) is 0.552. The van der Waals surface area contributed by atoms with Crippen LogP contribution in [0.2, 0.25) is 0 Å². The lowest BCUT2D eigenvalue weighted by molar-refractivity contribution is -0.149. The van der Waals surface area contributed by atoms with Crippen molar-refractivity contribution in [1.29, 1.82) is 0 Å². The maximum Gasteiger partial charge on any atom is 0.309 e. The number of unbranched alkanes of at least 4 members (excludes halogenated alkanes) is 1. The largest absolute Gasteiger partial charge is 0.464 e. The third-order valence-electron chi connectivity index (χ3n) is 6.79. The van der Waals surface area contributed by atoms with Crippen LogP contribution in [0.4, 0.5) is 0 Å². The van der Waals surface area contributed by atoms with Crippen molar-refractivity contribution in [1.82, 2.24) is 10.6 Å². The first-order chi connectivity index (χ1) is 17.4. The zero-order valence-electron chi connectivity index (χ0n) is 21.4. The van der Waals surface area contributed by atoms with E-state index in [0.29, 0.717) is 19.3 Å². The van der Waals surface area contributed by atoms with Crippen LogP contribution in [0.1, 0.15) is 63.4 Å². The van der Waals surface area contributed by atoms with Crippen LogP contribution in [-0.2, 0) is 25.5 Å². The zero-order chi connectivity index (χ0) is 26.2. The number of benzene rings is 1. The van der Waals surface area contributed by atoms with Gasteiger partial charge in [-0.25, -0.2) is 0 Å². The molecule has 2 atom stereocenters. The zero-order valence-corrected chi connectivity index (χ0v) is 21.4. The highest BCUT2D eigenvalue weighted by Gasteiger charge is 2.35. The van der Waals surface area contributed by atoms with Crippen molar-refractivity contribution >= 4 is 17.8 Å². The molecule has 1 saturated carbocycles. The summed E-state index contributed by atoms with van der Waals surface area (Å²) in [4.78, 5) is 38.0. The van der Waals surface area contributed by atoms with Crippen molar-refractivity contribution in [3.63, 3.8) is 0 Å². The molecule has 1 aliphatic carbocycles. The molecule has 7 heteroatoms.